The van der Waals surface area contributed by atoms with Gasteiger partial charge in [0.05, 0.1) is 12.7 Å². The average Bonchev–Trinajstić information content (AvgIpc) is 3.21. The van der Waals surface area contributed by atoms with Crippen LogP contribution in [0.1, 0.15) is 18.1 Å². The molecule has 5 rings (SSSR count). The topological polar surface area (TPSA) is 33.5 Å². The highest BCUT2D eigenvalue weighted by Gasteiger charge is 2.30. The van der Waals surface area contributed by atoms with E-state index in [4.69, 9.17) is 4.42 Å². The maximum Gasteiger partial charge on any atom is 0.231 e. The van der Waals surface area contributed by atoms with Crippen molar-refractivity contribution < 1.29 is 9.21 Å². The Hall–Kier alpha value is -3.07. The fourth-order valence-electron chi connectivity index (χ4n) is 4.20. The molecule has 1 amide bonds. The first-order valence-electron chi connectivity index (χ1n) is 9.00. The van der Waals surface area contributed by atoms with Crippen LogP contribution in [0.25, 0.3) is 21.7 Å². The Morgan fingerprint density at radius 1 is 1.08 bits per heavy atom. The molecule has 3 heteroatoms. The molecular formula is C23H19NO2. The van der Waals surface area contributed by atoms with E-state index in [9.17, 15) is 4.79 Å². The number of para-hydroxylation sites is 1. The highest BCUT2D eigenvalue weighted by Crippen LogP contribution is 2.34. The van der Waals surface area contributed by atoms with Crippen LogP contribution in [-0.2, 0) is 17.6 Å². The van der Waals surface area contributed by atoms with Crippen LogP contribution < -0.4 is 4.90 Å². The van der Waals surface area contributed by atoms with Crippen LogP contribution >= 0.6 is 0 Å². The lowest BCUT2D eigenvalue weighted by atomic mass is 10.0. The Labute approximate surface area is 151 Å². The third-order valence-electron chi connectivity index (χ3n) is 5.36. The lowest BCUT2D eigenvalue weighted by Gasteiger charge is -2.22. The predicted octanol–water partition coefficient (Wildman–Crippen LogP) is 5.11. The molecule has 0 N–H and O–H groups in total. The molecule has 3 nitrogen and oxygen atoms in total. The number of anilines is 1. The molecule has 0 bridgehead atoms. The largest absolute Gasteiger partial charge is 0.464 e. The summed E-state index contributed by atoms with van der Waals surface area (Å²) in [7, 11) is 0. The molecule has 0 fully saturated rings. The fourth-order valence-corrected chi connectivity index (χ4v) is 4.20. The highest BCUT2D eigenvalue weighted by atomic mass is 16.3. The summed E-state index contributed by atoms with van der Waals surface area (Å²) in [5.41, 5.74) is 4.08. The standard InChI is InChI=1S/C23H19NO2/c1-15-12-17-7-3-5-9-20(17)24(15)22(25)13-18-14-26-21-11-10-16-6-2-4-8-19(16)23(18)21/h2-11,14-15H,12-13H2,1H3/t15-/m1/s1. The zero-order valence-corrected chi connectivity index (χ0v) is 14.6. The van der Waals surface area contributed by atoms with E-state index in [2.05, 4.69) is 31.2 Å². The Balaban J connectivity index is 1.56. The van der Waals surface area contributed by atoms with Crippen molar-refractivity contribution >= 4 is 33.3 Å². The smallest absolute Gasteiger partial charge is 0.231 e. The fraction of sp³-hybridized carbons (Fsp3) is 0.174. The van der Waals surface area contributed by atoms with Crippen LogP contribution in [0, 0.1) is 0 Å². The van der Waals surface area contributed by atoms with Gasteiger partial charge in [0.1, 0.15) is 5.58 Å². The van der Waals surface area contributed by atoms with Crippen LogP contribution in [0.4, 0.5) is 5.69 Å². The molecule has 0 aliphatic carbocycles. The van der Waals surface area contributed by atoms with Crippen LogP contribution in [0.15, 0.2) is 71.3 Å². The molecule has 0 saturated carbocycles. The van der Waals surface area contributed by atoms with Crippen molar-refractivity contribution in [3.63, 3.8) is 0 Å². The van der Waals surface area contributed by atoms with Gasteiger partial charge in [-0.3, -0.25) is 4.79 Å². The Morgan fingerprint density at radius 3 is 2.81 bits per heavy atom. The summed E-state index contributed by atoms with van der Waals surface area (Å²) >= 11 is 0. The number of fused-ring (bicyclic) bond motifs is 4. The first-order valence-corrected chi connectivity index (χ1v) is 9.00. The minimum atomic E-state index is 0.123. The van der Waals surface area contributed by atoms with E-state index in [1.807, 2.05) is 41.3 Å². The number of furan rings is 1. The summed E-state index contributed by atoms with van der Waals surface area (Å²) in [5.74, 6) is 0.123. The number of carbonyl (C=O) groups is 1. The lowest BCUT2D eigenvalue weighted by molar-refractivity contribution is -0.118. The monoisotopic (exact) mass is 341 g/mol. The molecule has 0 unspecified atom stereocenters. The third-order valence-corrected chi connectivity index (χ3v) is 5.36. The lowest BCUT2D eigenvalue weighted by Crippen LogP contribution is -2.36. The van der Waals surface area contributed by atoms with Crippen molar-refractivity contribution in [2.24, 2.45) is 0 Å². The molecule has 1 atom stereocenters. The van der Waals surface area contributed by atoms with Gasteiger partial charge in [0.2, 0.25) is 5.91 Å². The number of carbonyl (C=O) groups excluding carboxylic acids is 1. The minimum absolute atomic E-state index is 0.123. The zero-order chi connectivity index (χ0) is 17.7. The van der Waals surface area contributed by atoms with Crippen molar-refractivity contribution in [2.45, 2.75) is 25.8 Å². The summed E-state index contributed by atoms with van der Waals surface area (Å²) < 4.78 is 5.75. The maximum absolute atomic E-state index is 13.1. The van der Waals surface area contributed by atoms with E-state index in [-0.39, 0.29) is 11.9 Å². The van der Waals surface area contributed by atoms with E-state index >= 15 is 0 Å². The van der Waals surface area contributed by atoms with E-state index in [0.717, 1.165) is 39.4 Å². The molecule has 4 aromatic rings. The molecule has 0 spiro atoms. The van der Waals surface area contributed by atoms with E-state index in [1.54, 1.807) is 6.26 Å². The molecular weight excluding hydrogens is 322 g/mol. The van der Waals surface area contributed by atoms with Gasteiger partial charge in [-0.05, 0) is 41.8 Å². The van der Waals surface area contributed by atoms with Crippen LogP contribution in [0.5, 0.6) is 0 Å². The van der Waals surface area contributed by atoms with E-state index in [1.165, 1.54) is 5.56 Å². The molecule has 26 heavy (non-hydrogen) atoms. The number of amides is 1. The minimum Gasteiger partial charge on any atom is -0.464 e. The van der Waals surface area contributed by atoms with Gasteiger partial charge in [-0.15, -0.1) is 0 Å². The van der Waals surface area contributed by atoms with Crippen molar-refractivity contribution in [1.82, 2.24) is 0 Å². The molecule has 1 aliphatic rings. The van der Waals surface area contributed by atoms with Gasteiger partial charge >= 0.3 is 0 Å². The van der Waals surface area contributed by atoms with Crippen LogP contribution in [0.2, 0.25) is 0 Å². The molecule has 0 radical (unpaired) electrons. The number of nitrogens with zero attached hydrogens (tertiary/aromatic N) is 1. The van der Waals surface area contributed by atoms with Crippen molar-refractivity contribution in [3.8, 4) is 0 Å². The molecule has 128 valence electrons. The first kappa shape index (κ1) is 15.2. The Bertz CT molecular complexity index is 1140. The summed E-state index contributed by atoms with van der Waals surface area (Å²) in [6, 6.07) is 20.7. The second-order valence-corrected chi connectivity index (χ2v) is 7.04. The summed E-state index contributed by atoms with van der Waals surface area (Å²) in [5, 5.41) is 3.35. The van der Waals surface area contributed by atoms with Gasteiger partial charge in [-0.2, -0.15) is 0 Å². The van der Waals surface area contributed by atoms with Crippen molar-refractivity contribution in [3.05, 3.63) is 78.1 Å². The van der Waals surface area contributed by atoms with E-state index in [0.29, 0.717) is 6.42 Å². The van der Waals surface area contributed by atoms with Gasteiger partial charge in [-0.1, -0.05) is 48.5 Å². The number of rotatable bonds is 2. The van der Waals surface area contributed by atoms with Crippen molar-refractivity contribution in [2.75, 3.05) is 4.90 Å². The first-order chi connectivity index (χ1) is 12.7. The zero-order valence-electron chi connectivity index (χ0n) is 14.6. The van der Waals surface area contributed by atoms with Gasteiger partial charge < -0.3 is 9.32 Å². The van der Waals surface area contributed by atoms with Gasteiger partial charge in [-0.25, -0.2) is 0 Å². The van der Waals surface area contributed by atoms with Crippen LogP contribution in [0.3, 0.4) is 0 Å². The summed E-state index contributed by atoms with van der Waals surface area (Å²) in [6.45, 7) is 2.11. The molecule has 1 aromatic heterocycles. The van der Waals surface area contributed by atoms with Gasteiger partial charge in [0, 0.05) is 22.7 Å². The Morgan fingerprint density at radius 2 is 1.88 bits per heavy atom. The number of hydrogen-bond donors (Lipinski definition) is 0. The average molecular weight is 341 g/mol. The van der Waals surface area contributed by atoms with Gasteiger partial charge in [0.15, 0.2) is 0 Å². The summed E-state index contributed by atoms with van der Waals surface area (Å²) in [6.07, 6.45) is 3.00. The van der Waals surface area contributed by atoms with E-state index < -0.39 is 0 Å². The molecule has 3 aromatic carbocycles. The predicted molar refractivity (Wildman–Crippen MR) is 105 cm³/mol. The number of benzene rings is 3. The number of hydrogen-bond acceptors (Lipinski definition) is 2. The quantitative estimate of drug-likeness (QED) is 0.508. The Kier molecular flexibility index (Phi) is 3.35. The SMILES string of the molecule is C[C@@H]1Cc2ccccc2N1C(=O)Cc1coc2ccc3ccccc3c12. The van der Waals surface area contributed by atoms with Gasteiger partial charge in [0.25, 0.3) is 0 Å². The van der Waals surface area contributed by atoms with Crippen LogP contribution in [-0.4, -0.2) is 11.9 Å². The second kappa shape index (κ2) is 5.73. The molecule has 1 aliphatic heterocycles. The normalized spacial score (nSPS) is 16.3. The third kappa shape index (κ3) is 2.24. The summed E-state index contributed by atoms with van der Waals surface area (Å²) in [4.78, 5) is 15.1. The highest BCUT2D eigenvalue weighted by molar-refractivity contribution is 6.09. The second-order valence-electron chi connectivity index (χ2n) is 7.04. The maximum atomic E-state index is 13.1. The molecule has 0 saturated heterocycles. The van der Waals surface area contributed by atoms with Crippen molar-refractivity contribution in [1.29, 1.82) is 0 Å². The molecule has 2 heterocycles.